The molecule has 0 radical (unpaired) electrons. The Kier molecular flexibility index (Phi) is 9.36. The van der Waals surface area contributed by atoms with E-state index in [1.807, 2.05) is 20.8 Å². The predicted octanol–water partition coefficient (Wildman–Crippen LogP) is 4.68. The molecule has 0 spiro atoms. The number of aromatic nitrogens is 2. The summed E-state index contributed by atoms with van der Waals surface area (Å²) >= 11 is 0. The number of ether oxygens (including phenoxy) is 2. The van der Waals surface area contributed by atoms with Crippen molar-refractivity contribution in [1.29, 1.82) is 0 Å². The molecule has 1 aliphatic carbocycles. The Hall–Kier alpha value is -1.44. The van der Waals surface area contributed by atoms with Crippen molar-refractivity contribution in [3.05, 3.63) is 17.5 Å². The number of nitrogens with zero attached hydrogens (tertiary/aromatic N) is 2. The molecule has 2 fully saturated rings. The van der Waals surface area contributed by atoms with Crippen LogP contribution in [-0.4, -0.2) is 47.6 Å². The second-order valence-electron chi connectivity index (χ2n) is 11.6. The Morgan fingerprint density at radius 3 is 2.58 bits per heavy atom. The molecule has 1 saturated carbocycles. The minimum Gasteiger partial charge on any atom is -0.459 e. The SMILES string of the molecule is CC1(C)CCC(c2nn([C@@H]3CCCCO3)cc2CNCCCNCC(=O)OC(C)(C)C)CC1. The Morgan fingerprint density at radius 1 is 1.18 bits per heavy atom. The highest BCUT2D eigenvalue weighted by Crippen LogP contribution is 2.43. The van der Waals surface area contributed by atoms with Gasteiger partial charge < -0.3 is 20.1 Å². The molecule has 1 saturated heterocycles. The minimum atomic E-state index is -0.431. The third-order valence-corrected chi connectivity index (χ3v) is 6.73. The molecule has 3 rings (SSSR count). The summed E-state index contributed by atoms with van der Waals surface area (Å²) in [5.41, 5.74) is 2.61. The highest BCUT2D eigenvalue weighted by atomic mass is 16.6. The smallest absolute Gasteiger partial charge is 0.320 e. The Balaban J connectivity index is 1.48. The van der Waals surface area contributed by atoms with E-state index in [-0.39, 0.29) is 18.7 Å². The van der Waals surface area contributed by atoms with Crippen molar-refractivity contribution in [1.82, 2.24) is 20.4 Å². The quantitative estimate of drug-likeness (QED) is 0.388. The van der Waals surface area contributed by atoms with Gasteiger partial charge in [0.1, 0.15) is 11.8 Å². The zero-order valence-electron chi connectivity index (χ0n) is 21.5. The van der Waals surface area contributed by atoms with E-state index in [0.717, 1.165) is 45.5 Å². The number of hydrogen-bond donors (Lipinski definition) is 2. The van der Waals surface area contributed by atoms with Gasteiger partial charge in [-0.15, -0.1) is 0 Å². The minimum absolute atomic E-state index is 0.0864. The number of carbonyl (C=O) groups excluding carboxylic acids is 1. The van der Waals surface area contributed by atoms with Gasteiger partial charge in [-0.05, 0) is 90.6 Å². The van der Waals surface area contributed by atoms with E-state index >= 15 is 0 Å². The van der Waals surface area contributed by atoms with E-state index in [1.54, 1.807) is 0 Å². The zero-order chi connectivity index (χ0) is 23.9. The van der Waals surface area contributed by atoms with Crippen molar-refractivity contribution in [3.63, 3.8) is 0 Å². The summed E-state index contributed by atoms with van der Waals surface area (Å²) in [6.07, 6.45) is 11.6. The van der Waals surface area contributed by atoms with Crippen LogP contribution in [0.1, 0.15) is 109 Å². The van der Waals surface area contributed by atoms with E-state index < -0.39 is 5.60 Å². The van der Waals surface area contributed by atoms with Crippen LogP contribution in [0.25, 0.3) is 0 Å². The number of esters is 1. The van der Waals surface area contributed by atoms with E-state index in [9.17, 15) is 4.79 Å². The molecule has 188 valence electrons. The molecule has 1 aromatic heterocycles. The van der Waals surface area contributed by atoms with Crippen LogP contribution in [0, 0.1) is 5.41 Å². The lowest BCUT2D eigenvalue weighted by Gasteiger charge is -2.34. The maximum absolute atomic E-state index is 11.8. The molecule has 0 bridgehead atoms. The lowest BCUT2D eigenvalue weighted by molar-refractivity contribution is -0.153. The van der Waals surface area contributed by atoms with Crippen LogP contribution in [0.5, 0.6) is 0 Å². The first-order chi connectivity index (χ1) is 15.6. The zero-order valence-corrected chi connectivity index (χ0v) is 21.5. The largest absolute Gasteiger partial charge is 0.459 e. The molecule has 7 nitrogen and oxygen atoms in total. The van der Waals surface area contributed by atoms with Crippen molar-refractivity contribution in [2.45, 2.75) is 110 Å². The third-order valence-electron chi connectivity index (χ3n) is 6.73. The average molecular weight is 463 g/mol. The highest BCUT2D eigenvalue weighted by Gasteiger charge is 2.31. The van der Waals surface area contributed by atoms with Crippen LogP contribution in [0.3, 0.4) is 0 Å². The molecule has 2 N–H and O–H groups in total. The summed E-state index contributed by atoms with van der Waals surface area (Å²) in [4.78, 5) is 11.8. The fourth-order valence-corrected chi connectivity index (χ4v) is 4.81. The second kappa shape index (κ2) is 11.8. The summed E-state index contributed by atoms with van der Waals surface area (Å²) in [7, 11) is 0. The van der Waals surface area contributed by atoms with E-state index in [1.165, 1.54) is 43.4 Å². The lowest BCUT2D eigenvalue weighted by atomic mass is 9.72. The van der Waals surface area contributed by atoms with Gasteiger partial charge in [-0.3, -0.25) is 4.79 Å². The van der Waals surface area contributed by atoms with Crippen LogP contribution < -0.4 is 10.6 Å². The number of hydrogen-bond acceptors (Lipinski definition) is 6. The van der Waals surface area contributed by atoms with Gasteiger partial charge in [-0.25, -0.2) is 4.68 Å². The van der Waals surface area contributed by atoms with E-state index in [4.69, 9.17) is 14.6 Å². The maximum Gasteiger partial charge on any atom is 0.320 e. The predicted molar refractivity (Wildman–Crippen MR) is 131 cm³/mol. The van der Waals surface area contributed by atoms with Gasteiger partial charge in [0.25, 0.3) is 0 Å². The summed E-state index contributed by atoms with van der Waals surface area (Å²) in [6, 6.07) is 0. The molecule has 0 amide bonds. The fraction of sp³-hybridized carbons (Fsp3) is 0.846. The lowest BCUT2D eigenvalue weighted by Crippen LogP contribution is -2.32. The fourth-order valence-electron chi connectivity index (χ4n) is 4.81. The van der Waals surface area contributed by atoms with Gasteiger partial charge in [0.15, 0.2) is 0 Å². The molecule has 2 heterocycles. The number of rotatable bonds is 10. The van der Waals surface area contributed by atoms with Gasteiger partial charge in [-0.2, -0.15) is 5.10 Å². The van der Waals surface area contributed by atoms with Gasteiger partial charge in [-0.1, -0.05) is 13.8 Å². The van der Waals surface area contributed by atoms with E-state index in [0.29, 0.717) is 11.3 Å². The standard InChI is InChI=1S/C26H46N4O3/c1-25(2,3)33-23(31)18-28-15-8-14-27-17-21-19-30(22-9-6-7-16-32-22)29-24(21)20-10-12-26(4,5)13-11-20/h19-20,22,27-28H,6-18H2,1-5H3/t22-/m0/s1. The monoisotopic (exact) mass is 462 g/mol. The molecule has 0 unspecified atom stereocenters. The number of carbonyl (C=O) groups is 1. The van der Waals surface area contributed by atoms with Crippen LogP contribution in [-0.2, 0) is 20.8 Å². The maximum atomic E-state index is 11.8. The highest BCUT2D eigenvalue weighted by molar-refractivity contribution is 5.72. The second-order valence-corrected chi connectivity index (χ2v) is 11.6. The van der Waals surface area contributed by atoms with E-state index in [2.05, 4.69) is 35.4 Å². The Morgan fingerprint density at radius 2 is 1.91 bits per heavy atom. The number of nitrogens with one attached hydrogen (secondary N) is 2. The molecule has 7 heteroatoms. The van der Waals surface area contributed by atoms with Crippen LogP contribution in [0.2, 0.25) is 0 Å². The first-order valence-electron chi connectivity index (χ1n) is 13.0. The van der Waals surface area contributed by atoms with Gasteiger partial charge in [0.2, 0.25) is 0 Å². The summed E-state index contributed by atoms with van der Waals surface area (Å²) in [5, 5.41) is 11.8. The van der Waals surface area contributed by atoms with Crippen LogP contribution >= 0.6 is 0 Å². The van der Waals surface area contributed by atoms with Crippen molar-refractivity contribution in [2.24, 2.45) is 5.41 Å². The molecule has 2 aliphatic rings. The summed E-state index contributed by atoms with van der Waals surface area (Å²) in [5.74, 6) is 0.350. The molecule has 1 atom stereocenters. The third kappa shape index (κ3) is 8.69. The first kappa shape index (κ1) is 26.2. The normalized spacial score (nSPS) is 21.8. The summed E-state index contributed by atoms with van der Waals surface area (Å²) in [6.45, 7) is 14.0. The van der Waals surface area contributed by atoms with Crippen molar-refractivity contribution < 1.29 is 14.3 Å². The Labute approximate surface area is 200 Å². The topological polar surface area (TPSA) is 77.4 Å². The average Bonchev–Trinajstić information content (AvgIpc) is 3.16. The summed E-state index contributed by atoms with van der Waals surface area (Å²) < 4.78 is 13.4. The molecule has 33 heavy (non-hydrogen) atoms. The van der Waals surface area contributed by atoms with Gasteiger partial charge >= 0.3 is 5.97 Å². The molecule has 1 aromatic rings. The molecular formula is C26H46N4O3. The Bertz CT molecular complexity index is 737. The van der Waals surface area contributed by atoms with Crippen molar-refractivity contribution >= 4 is 5.97 Å². The molecular weight excluding hydrogens is 416 g/mol. The van der Waals surface area contributed by atoms with Crippen molar-refractivity contribution in [3.8, 4) is 0 Å². The van der Waals surface area contributed by atoms with Gasteiger partial charge in [0.05, 0.1) is 12.2 Å². The first-order valence-corrected chi connectivity index (χ1v) is 13.0. The molecule has 1 aliphatic heterocycles. The van der Waals surface area contributed by atoms with Gasteiger partial charge in [0, 0.05) is 30.8 Å². The molecule has 0 aromatic carbocycles. The van der Waals surface area contributed by atoms with Crippen molar-refractivity contribution in [2.75, 3.05) is 26.2 Å². The van der Waals surface area contributed by atoms with Crippen LogP contribution in [0.4, 0.5) is 0 Å². The van der Waals surface area contributed by atoms with Crippen LogP contribution in [0.15, 0.2) is 6.20 Å².